The molecule has 1 amide bonds. The fourth-order valence-electron chi connectivity index (χ4n) is 3.17. The molecule has 0 bridgehead atoms. The molecule has 1 aromatic heterocycles. The van der Waals surface area contributed by atoms with Crippen molar-refractivity contribution in [2.24, 2.45) is 0 Å². The number of para-hydroxylation sites is 2. The predicted octanol–water partition coefficient (Wildman–Crippen LogP) is 2.20. The lowest BCUT2D eigenvalue weighted by Gasteiger charge is -2.32. The van der Waals surface area contributed by atoms with E-state index in [1.54, 1.807) is 26.6 Å². The lowest BCUT2D eigenvalue weighted by atomic mass is 9.93. The van der Waals surface area contributed by atoms with Gasteiger partial charge in [-0.3, -0.25) is 9.78 Å². The SMILES string of the molecule is CNCC(=O)N1CCC(c2nccnc2Oc2ccccc2OC)CC1. The Hall–Kier alpha value is -2.67. The van der Waals surface area contributed by atoms with Crippen molar-refractivity contribution in [3.05, 3.63) is 42.4 Å². The van der Waals surface area contributed by atoms with E-state index < -0.39 is 0 Å². The number of carbonyl (C=O) groups excluding carboxylic acids is 1. The molecule has 2 heterocycles. The van der Waals surface area contributed by atoms with Crippen molar-refractivity contribution < 1.29 is 14.3 Å². The summed E-state index contributed by atoms with van der Waals surface area (Å²) >= 11 is 0. The Labute approximate surface area is 153 Å². The number of hydrogen-bond acceptors (Lipinski definition) is 6. The fraction of sp³-hybridized carbons (Fsp3) is 0.421. The molecule has 3 rings (SSSR count). The minimum Gasteiger partial charge on any atom is -0.493 e. The van der Waals surface area contributed by atoms with E-state index in [0.717, 1.165) is 31.6 Å². The van der Waals surface area contributed by atoms with Gasteiger partial charge in [0.05, 0.1) is 13.7 Å². The molecule has 1 aliphatic heterocycles. The van der Waals surface area contributed by atoms with Crippen molar-refractivity contribution in [1.29, 1.82) is 0 Å². The van der Waals surface area contributed by atoms with Gasteiger partial charge in [-0.05, 0) is 32.0 Å². The highest BCUT2D eigenvalue weighted by atomic mass is 16.5. The molecule has 1 fully saturated rings. The first-order chi connectivity index (χ1) is 12.7. The molecule has 138 valence electrons. The number of nitrogens with zero attached hydrogens (tertiary/aromatic N) is 3. The second-order valence-electron chi connectivity index (χ2n) is 6.19. The largest absolute Gasteiger partial charge is 0.493 e. The zero-order valence-electron chi connectivity index (χ0n) is 15.1. The van der Waals surface area contributed by atoms with Gasteiger partial charge in [0.15, 0.2) is 11.5 Å². The molecular weight excluding hydrogens is 332 g/mol. The van der Waals surface area contributed by atoms with Crippen LogP contribution in [-0.4, -0.2) is 54.6 Å². The molecule has 1 N–H and O–H groups in total. The Morgan fingerprint density at radius 2 is 1.88 bits per heavy atom. The number of aromatic nitrogens is 2. The highest BCUT2D eigenvalue weighted by molar-refractivity contribution is 5.78. The summed E-state index contributed by atoms with van der Waals surface area (Å²) in [6.07, 6.45) is 5.00. The zero-order valence-corrected chi connectivity index (χ0v) is 15.1. The summed E-state index contributed by atoms with van der Waals surface area (Å²) in [5.41, 5.74) is 0.833. The Morgan fingerprint density at radius 3 is 2.58 bits per heavy atom. The molecular formula is C19H24N4O3. The van der Waals surface area contributed by atoms with Crippen LogP contribution in [0, 0.1) is 0 Å². The van der Waals surface area contributed by atoms with Gasteiger partial charge in [0.25, 0.3) is 0 Å². The Morgan fingerprint density at radius 1 is 1.19 bits per heavy atom. The molecule has 1 aromatic carbocycles. The first-order valence-electron chi connectivity index (χ1n) is 8.77. The quantitative estimate of drug-likeness (QED) is 0.855. The number of nitrogens with one attached hydrogen (secondary N) is 1. The third kappa shape index (κ3) is 4.11. The Balaban J connectivity index is 1.73. The van der Waals surface area contributed by atoms with Gasteiger partial charge in [0.2, 0.25) is 11.8 Å². The van der Waals surface area contributed by atoms with E-state index in [-0.39, 0.29) is 11.8 Å². The highest BCUT2D eigenvalue weighted by Crippen LogP contribution is 2.36. The number of hydrogen-bond donors (Lipinski definition) is 1. The van der Waals surface area contributed by atoms with E-state index in [1.807, 2.05) is 29.2 Å². The van der Waals surface area contributed by atoms with Crippen LogP contribution in [0.1, 0.15) is 24.5 Å². The second-order valence-corrected chi connectivity index (χ2v) is 6.19. The topological polar surface area (TPSA) is 76.6 Å². The summed E-state index contributed by atoms with van der Waals surface area (Å²) < 4.78 is 11.4. The number of piperidine rings is 1. The number of ether oxygens (including phenoxy) is 2. The summed E-state index contributed by atoms with van der Waals surface area (Å²) in [5.74, 6) is 2.11. The van der Waals surface area contributed by atoms with Gasteiger partial charge in [-0.2, -0.15) is 0 Å². The van der Waals surface area contributed by atoms with Crippen LogP contribution in [0.25, 0.3) is 0 Å². The van der Waals surface area contributed by atoms with Gasteiger partial charge < -0.3 is 19.7 Å². The van der Waals surface area contributed by atoms with E-state index >= 15 is 0 Å². The summed E-state index contributed by atoms with van der Waals surface area (Å²) in [6, 6.07) is 7.47. The normalized spacial score (nSPS) is 14.9. The number of likely N-dealkylation sites (tertiary alicyclic amines) is 1. The molecule has 0 atom stereocenters. The van der Waals surface area contributed by atoms with Gasteiger partial charge in [-0.15, -0.1) is 0 Å². The van der Waals surface area contributed by atoms with Crippen molar-refractivity contribution >= 4 is 5.91 Å². The average molecular weight is 356 g/mol. The molecule has 2 aromatic rings. The van der Waals surface area contributed by atoms with Crippen LogP contribution in [0.3, 0.4) is 0 Å². The first-order valence-corrected chi connectivity index (χ1v) is 8.77. The smallest absolute Gasteiger partial charge is 0.241 e. The average Bonchev–Trinajstić information content (AvgIpc) is 2.69. The van der Waals surface area contributed by atoms with E-state index in [1.165, 1.54) is 0 Å². The van der Waals surface area contributed by atoms with Crippen molar-refractivity contribution in [3.63, 3.8) is 0 Å². The maximum absolute atomic E-state index is 12.0. The molecule has 0 radical (unpaired) electrons. The van der Waals surface area contributed by atoms with Crippen LogP contribution in [0.5, 0.6) is 17.4 Å². The molecule has 0 aliphatic carbocycles. The van der Waals surface area contributed by atoms with Crippen molar-refractivity contribution in [2.45, 2.75) is 18.8 Å². The summed E-state index contributed by atoms with van der Waals surface area (Å²) in [6.45, 7) is 1.81. The van der Waals surface area contributed by atoms with Crippen LogP contribution in [0.2, 0.25) is 0 Å². The van der Waals surface area contributed by atoms with E-state index in [0.29, 0.717) is 23.9 Å². The third-order valence-corrected chi connectivity index (χ3v) is 4.53. The molecule has 0 saturated carbocycles. The second kappa shape index (κ2) is 8.62. The van der Waals surface area contributed by atoms with Crippen LogP contribution < -0.4 is 14.8 Å². The zero-order chi connectivity index (χ0) is 18.4. The lowest BCUT2D eigenvalue weighted by Crippen LogP contribution is -2.42. The highest BCUT2D eigenvalue weighted by Gasteiger charge is 2.27. The molecule has 1 aliphatic rings. The fourth-order valence-corrected chi connectivity index (χ4v) is 3.17. The van der Waals surface area contributed by atoms with Gasteiger partial charge in [-0.1, -0.05) is 12.1 Å². The van der Waals surface area contributed by atoms with Crippen molar-refractivity contribution in [3.8, 4) is 17.4 Å². The van der Waals surface area contributed by atoms with Crippen LogP contribution in [0.4, 0.5) is 0 Å². The van der Waals surface area contributed by atoms with Gasteiger partial charge in [-0.25, -0.2) is 4.98 Å². The van der Waals surface area contributed by atoms with Crippen LogP contribution in [-0.2, 0) is 4.79 Å². The van der Waals surface area contributed by atoms with Gasteiger partial charge in [0.1, 0.15) is 5.69 Å². The van der Waals surface area contributed by atoms with Crippen LogP contribution >= 0.6 is 0 Å². The number of likely N-dealkylation sites (N-methyl/N-ethyl adjacent to an activating group) is 1. The molecule has 0 spiro atoms. The summed E-state index contributed by atoms with van der Waals surface area (Å²) in [4.78, 5) is 22.8. The third-order valence-electron chi connectivity index (χ3n) is 4.53. The number of amides is 1. The molecule has 0 unspecified atom stereocenters. The maximum atomic E-state index is 12.0. The summed E-state index contributed by atoms with van der Waals surface area (Å²) in [5, 5.41) is 2.91. The molecule has 1 saturated heterocycles. The van der Waals surface area contributed by atoms with E-state index in [2.05, 4.69) is 15.3 Å². The number of benzene rings is 1. The minimum atomic E-state index is 0.135. The van der Waals surface area contributed by atoms with Crippen molar-refractivity contribution in [2.75, 3.05) is 33.8 Å². The lowest BCUT2D eigenvalue weighted by molar-refractivity contribution is -0.131. The minimum absolute atomic E-state index is 0.135. The summed E-state index contributed by atoms with van der Waals surface area (Å²) in [7, 11) is 3.39. The monoisotopic (exact) mass is 356 g/mol. The number of rotatable bonds is 6. The van der Waals surface area contributed by atoms with Gasteiger partial charge >= 0.3 is 0 Å². The number of methoxy groups -OCH3 is 1. The van der Waals surface area contributed by atoms with Crippen LogP contribution in [0.15, 0.2) is 36.7 Å². The Bertz CT molecular complexity index is 745. The Kier molecular flexibility index (Phi) is 6.01. The van der Waals surface area contributed by atoms with E-state index in [4.69, 9.17) is 9.47 Å². The molecule has 7 nitrogen and oxygen atoms in total. The van der Waals surface area contributed by atoms with E-state index in [9.17, 15) is 4.79 Å². The number of carbonyl (C=O) groups is 1. The standard InChI is InChI=1S/C19H24N4O3/c1-20-13-17(24)23-11-7-14(8-12-23)18-19(22-10-9-21-18)26-16-6-4-3-5-15(16)25-2/h3-6,9-10,14,20H,7-8,11-13H2,1-2H3. The van der Waals surface area contributed by atoms with Crippen molar-refractivity contribution in [1.82, 2.24) is 20.2 Å². The molecule has 7 heteroatoms. The molecule has 26 heavy (non-hydrogen) atoms. The first kappa shape index (κ1) is 18.1. The predicted molar refractivity (Wildman–Crippen MR) is 97.6 cm³/mol. The maximum Gasteiger partial charge on any atom is 0.241 e. The van der Waals surface area contributed by atoms with Gasteiger partial charge in [0, 0.05) is 31.4 Å².